The van der Waals surface area contributed by atoms with E-state index in [9.17, 15) is 0 Å². The summed E-state index contributed by atoms with van der Waals surface area (Å²) in [5.41, 5.74) is 0. The first kappa shape index (κ1) is 7.03. The normalized spacial score (nSPS) is 15.3. The molecule has 0 aromatic heterocycles. The second kappa shape index (κ2) is 4.20. The first-order valence-corrected chi connectivity index (χ1v) is 3.01. The van der Waals surface area contributed by atoms with Crippen LogP contribution in [0.25, 0.3) is 0 Å². The molecule has 0 aliphatic rings. The number of hydrogen-bond acceptors (Lipinski definition) is 0. The lowest BCUT2D eigenvalue weighted by molar-refractivity contribution is 0.965. The van der Waals surface area contributed by atoms with Crippen molar-refractivity contribution in [3.63, 3.8) is 0 Å². The van der Waals surface area contributed by atoms with Crippen molar-refractivity contribution in [2.75, 3.05) is 0 Å². The van der Waals surface area contributed by atoms with E-state index < -0.39 is 0 Å². The van der Waals surface area contributed by atoms with E-state index >= 15 is 0 Å². The van der Waals surface area contributed by atoms with Gasteiger partial charge in [0, 0.05) is 0 Å². The van der Waals surface area contributed by atoms with E-state index in [0.29, 0.717) is 0 Å². The van der Waals surface area contributed by atoms with Crippen LogP contribution in [0.15, 0.2) is 12.2 Å². The van der Waals surface area contributed by atoms with Crippen LogP contribution in [0.4, 0.5) is 0 Å². The summed E-state index contributed by atoms with van der Waals surface area (Å²) in [6, 6.07) is 0. The number of allylic oxidation sites excluding steroid dienone is 2. The van der Waals surface area contributed by atoms with Gasteiger partial charge in [0.25, 0.3) is 0 Å². The number of hydrogen-bond donors (Lipinski definition) is 0. The lowest BCUT2D eigenvalue weighted by Crippen LogP contribution is -1.86. The Morgan fingerprint density at radius 1 is 1.71 bits per heavy atom. The molecule has 1 unspecified atom stereocenters. The maximum atomic E-state index is 5.68. The molecule has 0 aliphatic heterocycles. The Bertz CT molecular complexity index is 57.2. The molecule has 0 spiro atoms. The highest BCUT2D eigenvalue weighted by Gasteiger charge is 1.89. The minimum Gasteiger partial charge on any atom is -0.118 e. The second-order valence-corrected chi connectivity index (χ2v) is 2.01. The van der Waals surface area contributed by atoms with Crippen LogP contribution in [-0.2, 0) is 0 Å². The molecule has 42 valence electrons. The quantitative estimate of drug-likeness (QED) is 0.386. The Labute approximate surface area is 50.2 Å². The molecule has 0 heterocycles. The molecule has 1 atom stereocenters. The van der Waals surface area contributed by atoms with Gasteiger partial charge in [-0.05, 0) is 13.3 Å². The van der Waals surface area contributed by atoms with Crippen LogP contribution in [0.5, 0.6) is 0 Å². The fraction of sp³-hybridized carbons (Fsp3) is 0.667. The van der Waals surface area contributed by atoms with E-state index in [1.807, 2.05) is 19.1 Å². The molecule has 0 radical (unpaired) electrons. The average molecular weight is 119 g/mol. The summed E-state index contributed by atoms with van der Waals surface area (Å²) < 4.78 is 0. The van der Waals surface area contributed by atoms with Crippen LogP contribution in [0.3, 0.4) is 0 Å². The molecule has 0 N–H and O–H groups in total. The largest absolute Gasteiger partial charge is 0.118 e. The van der Waals surface area contributed by atoms with E-state index in [4.69, 9.17) is 11.6 Å². The summed E-state index contributed by atoms with van der Waals surface area (Å²) in [5, 5.41) is 0.241. The third-order valence-electron chi connectivity index (χ3n) is 0.791. The molecule has 0 aromatic carbocycles. The van der Waals surface area contributed by atoms with Crippen molar-refractivity contribution >= 4 is 11.6 Å². The van der Waals surface area contributed by atoms with Crippen molar-refractivity contribution in [3.8, 4) is 0 Å². The van der Waals surface area contributed by atoms with E-state index in [-0.39, 0.29) is 5.38 Å². The van der Waals surface area contributed by atoms with Crippen molar-refractivity contribution in [1.82, 2.24) is 0 Å². The molecule has 0 nitrogen and oxygen atoms in total. The minimum absolute atomic E-state index is 0.241. The van der Waals surface area contributed by atoms with Crippen molar-refractivity contribution in [2.24, 2.45) is 0 Å². The molecule has 0 bridgehead atoms. The predicted octanol–water partition coefficient (Wildman–Crippen LogP) is 2.58. The van der Waals surface area contributed by atoms with E-state index in [0.717, 1.165) is 6.42 Å². The van der Waals surface area contributed by atoms with Crippen LogP contribution in [0.1, 0.15) is 20.3 Å². The van der Waals surface area contributed by atoms with Crippen LogP contribution in [0, 0.1) is 0 Å². The lowest BCUT2D eigenvalue weighted by atomic mass is 10.3. The molecule has 1 heteroatoms. The fourth-order valence-electron chi connectivity index (χ4n) is 0.345. The van der Waals surface area contributed by atoms with Gasteiger partial charge in [0.2, 0.25) is 0 Å². The van der Waals surface area contributed by atoms with Gasteiger partial charge in [-0.15, -0.1) is 11.6 Å². The Balaban J connectivity index is 3.16. The first-order valence-electron chi connectivity index (χ1n) is 2.58. The van der Waals surface area contributed by atoms with Gasteiger partial charge in [0.05, 0.1) is 5.38 Å². The topological polar surface area (TPSA) is 0 Å². The van der Waals surface area contributed by atoms with E-state index in [2.05, 4.69) is 6.92 Å². The highest BCUT2D eigenvalue weighted by Crippen LogP contribution is 2.00. The minimum atomic E-state index is 0.241. The molecule has 0 amide bonds. The van der Waals surface area contributed by atoms with Gasteiger partial charge in [0.15, 0.2) is 0 Å². The molecule has 0 aromatic rings. The second-order valence-electron chi connectivity index (χ2n) is 1.45. The van der Waals surface area contributed by atoms with Crippen molar-refractivity contribution in [1.29, 1.82) is 0 Å². The highest BCUT2D eigenvalue weighted by atomic mass is 35.5. The zero-order valence-electron chi connectivity index (χ0n) is 4.82. The molecule has 7 heavy (non-hydrogen) atoms. The fourth-order valence-corrected chi connectivity index (χ4v) is 0.490. The van der Waals surface area contributed by atoms with Crippen LogP contribution in [0.2, 0.25) is 0 Å². The smallest absolute Gasteiger partial charge is 0.0513 e. The number of alkyl halides is 1. The first-order chi connectivity index (χ1) is 3.31. The summed E-state index contributed by atoms with van der Waals surface area (Å²) >= 11 is 5.68. The summed E-state index contributed by atoms with van der Waals surface area (Å²) in [6.07, 6.45) is 4.98. The van der Waals surface area contributed by atoms with Gasteiger partial charge in [-0.3, -0.25) is 0 Å². The monoisotopic (exact) mass is 118 g/mol. The Hall–Kier alpha value is 0.0300. The maximum absolute atomic E-state index is 5.68. The van der Waals surface area contributed by atoms with Crippen LogP contribution in [-0.4, -0.2) is 5.38 Å². The Kier molecular flexibility index (Phi) is 4.21. The average Bonchev–Trinajstić information content (AvgIpc) is 1.68. The van der Waals surface area contributed by atoms with Crippen molar-refractivity contribution in [3.05, 3.63) is 12.2 Å². The molecular formula is C6H11Cl. The van der Waals surface area contributed by atoms with Crippen LogP contribution >= 0.6 is 11.6 Å². The van der Waals surface area contributed by atoms with Gasteiger partial charge >= 0.3 is 0 Å². The third-order valence-corrected chi connectivity index (χ3v) is 1.25. The van der Waals surface area contributed by atoms with Gasteiger partial charge < -0.3 is 0 Å². The molecule has 0 aliphatic carbocycles. The molecule has 0 saturated heterocycles. The van der Waals surface area contributed by atoms with E-state index in [1.54, 1.807) is 0 Å². The summed E-state index contributed by atoms with van der Waals surface area (Å²) in [5.74, 6) is 0. The third kappa shape index (κ3) is 3.87. The predicted molar refractivity (Wildman–Crippen MR) is 34.7 cm³/mol. The highest BCUT2D eigenvalue weighted by molar-refractivity contribution is 6.21. The lowest BCUT2D eigenvalue weighted by Gasteiger charge is -1.92. The zero-order chi connectivity index (χ0) is 5.70. The van der Waals surface area contributed by atoms with Gasteiger partial charge in [-0.25, -0.2) is 0 Å². The van der Waals surface area contributed by atoms with Gasteiger partial charge in [0.1, 0.15) is 0 Å². The SMILES string of the molecule is CC=CC(Cl)CC. The van der Waals surface area contributed by atoms with Crippen molar-refractivity contribution in [2.45, 2.75) is 25.6 Å². The van der Waals surface area contributed by atoms with Gasteiger partial charge in [-0.1, -0.05) is 19.1 Å². The summed E-state index contributed by atoms with van der Waals surface area (Å²) in [7, 11) is 0. The Morgan fingerprint density at radius 3 is 2.43 bits per heavy atom. The molecule has 0 fully saturated rings. The summed E-state index contributed by atoms with van der Waals surface area (Å²) in [4.78, 5) is 0. The maximum Gasteiger partial charge on any atom is 0.0513 e. The molecule has 0 saturated carbocycles. The Morgan fingerprint density at radius 2 is 2.29 bits per heavy atom. The summed E-state index contributed by atoms with van der Waals surface area (Å²) in [6.45, 7) is 4.04. The molecule has 0 rings (SSSR count). The van der Waals surface area contributed by atoms with Crippen molar-refractivity contribution < 1.29 is 0 Å². The molecular weight excluding hydrogens is 108 g/mol. The van der Waals surface area contributed by atoms with Gasteiger partial charge in [-0.2, -0.15) is 0 Å². The van der Waals surface area contributed by atoms with E-state index in [1.165, 1.54) is 0 Å². The zero-order valence-corrected chi connectivity index (χ0v) is 5.57. The number of rotatable bonds is 2. The number of halogens is 1. The standard InChI is InChI=1S/C6H11Cl/c1-3-5-6(7)4-2/h3,5-6H,4H2,1-2H3. The van der Waals surface area contributed by atoms with Crippen LogP contribution < -0.4 is 0 Å².